The molecule has 0 atom stereocenters. The van der Waals surface area contributed by atoms with Crippen molar-refractivity contribution in [1.29, 1.82) is 0 Å². The molecule has 0 spiro atoms. The molecule has 26 heavy (non-hydrogen) atoms. The molecule has 1 aromatic carbocycles. The highest BCUT2D eigenvalue weighted by Gasteiger charge is 2.11. The van der Waals surface area contributed by atoms with Crippen molar-refractivity contribution >= 4 is 27.7 Å². The fourth-order valence-corrected chi connectivity index (χ4v) is 3.49. The van der Waals surface area contributed by atoms with Gasteiger partial charge in [0.2, 0.25) is 21.1 Å². The van der Waals surface area contributed by atoms with Crippen molar-refractivity contribution in [1.82, 2.24) is 25.1 Å². The van der Waals surface area contributed by atoms with Gasteiger partial charge in [-0.05, 0) is 41.0 Å². The van der Waals surface area contributed by atoms with E-state index in [1.807, 2.05) is 0 Å². The highest BCUT2D eigenvalue weighted by atomic mass is 32.2. The molecule has 0 saturated heterocycles. The molecule has 1 heterocycles. The van der Waals surface area contributed by atoms with Gasteiger partial charge >= 0.3 is 0 Å². The molecule has 0 fully saturated rings. The van der Waals surface area contributed by atoms with Crippen LogP contribution in [0.4, 0.5) is 0 Å². The molecule has 1 aromatic heterocycles. The van der Waals surface area contributed by atoms with E-state index >= 15 is 0 Å². The summed E-state index contributed by atoms with van der Waals surface area (Å²) in [5.74, 6) is 0.839. The minimum atomic E-state index is -3.68. The number of aromatic nitrogens is 4. The number of rotatable bonds is 9. The lowest BCUT2D eigenvalue weighted by atomic mass is 10.1. The fraction of sp³-hybridized carbons (Fsp3) is 0.467. The molecule has 0 radical (unpaired) electrons. The number of nitrogens with zero attached hydrogens (tertiary/aromatic N) is 5. The molecule has 11 heteroatoms. The second-order valence-electron chi connectivity index (χ2n) is 5.79. The van der Waals surface area contributed by atoms with E-state index < -0.39 is 10.0 Å². The lowest BCUT2D eigenvalue weighted by Crippen LogP contribution is -2.28. The van der Waals surface area contributed by atoms with Gasteiger partial charge in [0.1, 0.15) is 0 Å². The standard InChI is InChI=1S/C15H22N6O3S2/c1-20(10-9-12-5-7-13(8-6-12)26(16,23)24)14(22)4-3-11-25-15-17-18-19-21(15)2/h5-8H,3-4,9-11H2,1-2H3,(H2,16,23,24). The molecular formula is C15H22N6O3S2. The first-order valence-electron chi connectivity index (χ1n) is 7.98. The summed E-state index contributed by atoms with van der Waals surface area (Å²) in [6.45, 7) is 0.563. The monoisotopic (exact) mass is 398 g/mol. The average molecular weight is 399 g/mol. The molecule has 0 saturated carbocycles. The Morgan fingerprint density at radius 2 is 2.00 bits per heavy atom. The number of sulfonamides is 1. The number of hydrogen-bond donors (Lipinski definition) is 1. The Labute approximate surface area is 157 Å². The molecule has 2 aromatic rings. The molecule has 2 rings (SSSR count). The van der Waals surface area contributed by atoms with Crippen molar-refractivity contribution in [3.8, 4) is 0 Å². The van der Waals surface area contributed by atoms with E-state index in [9.17, 15) is 13.2 Å². The van der Waals surface area contributed by atoms with E-state index in [2.05, 4.69) is 15.5 Å². The van der Waals surface area contributed by atoms with Crippen molar-refractivity contribution in [2.75, 3.05) is 19.3 Å². The lowest BCUT2D eigenvalue weighted by molar-refractivity contribution is -0.129. The molecule has 0 unspecified atom stereocenters. The predicted octanol–water partition coefficient (Wildman–Crippen LogP) is 0.431. The number of carbonyl (C=O) groups excluding carboxylic acids is 1. The van der Waals surface area contributed by atoms with Crippen LogP contribution in [-0.4, -0.2) is 58.8 Å². The van der Waals surface area contributed by atoms with Gasteiger partial charge in [0.05, 0.1) is 4.90 Å². The zero-order valence-corrected chi connectivity index (χ0v) is 16.3. The summed E-state index contributed by atoms with van der Waals surface area (Å²) in [4.78, 5) is 13.9. The van der Waals surface area contributed by atoms with E-state index in [0.717, 1.165) is 22.9 Å². The molecule has 0 aliphatic heterocycles. The molecule has 0 aliphatic rings. The first kappa shape index (κ1) is 20.3. The van der Waals surface area contributed by atoms with E-state index in [1.165, 1.54) is 23.9 Å². The average Bonchev–Trinajstić information content (AvgIpc) is 3.01. The summed E-state index contributed by atoms with van der Waals surface area (Å²) in [5.41, 5.74) is 0.947. The Morgan fingerprint density at radius 3 is 2.58 bits per heavy atom. The van der Waals surface area contributed by atoms with Gasteiger partial charge in [-0.1, -0.05) is 23.9 Å². The normalized spacial score (nSPS) is 11.5. The number of nitrogens with two attached hydrogens (primary N) is 1. The Hall–Kier alpha value is -1.98. The largest absolute Gasteiger partial charge is 0.345 e. The van der Waals surface area contributed by atoms with Gasteiger partial charge < -0.3 is 4.90 Å². The van der Waals surface area contributed by atoms with Crippen LogP contribution in [0.2, 0.25) is 0 Å². The molecule has 142 valence electrons. The molecule has 2 N–H and O–H groups in total. The van der Waals surface area contributed by atoms with Crippen molar-refractivity contribution in [3.63, 3.8) is 0 Å². The number of hydrogen-bond acceptors (Lipinski definition) is 7. The molecular weight excluding hydrogens is 376 g/mol. The van der Waals surface area contributed by atoms with Gasteiger partial charge in [0.25, 0.3) is 0 Å². The third-order valence-corrected chi connectivity index (χ3v) is 5.79. The predicted molar refractivity (Wildman–Crippen MR) is 97.9 cm³/mol. The van der Waals surface area contributed by atoms with E-state index in [0.29, 0.717) is 19.4 Å². The lowest BCUT2D eigenvalue weighted by Gasteiger charge is -2.17. The van der Waals surface area contributed by atoms with Crippen molar-refractivity contribution < 1.29 is 13.2 Å². The number of likely N-dealkylation sites (N-methyl/N-ethyl adjacent to an activating group) is 1. The van der Waals surface area contributed by atoms with Gasteiger partial charge in [-0.3, -0.25) is 4.79 Å². The SMILES string of the molecule is CN(CCc1ccc(S(N)(=O)=O)cc1)C(=O)CCCSc1nnnn1C. The minimum Gasteiger partial charge on any atom is -0.345 e. The van der Waals surface area contributed by atoms with E-state index in [1.54, 1.807) is 35.8 Å². The van der Waals surface area contributed by atoms with Crippen LogP contribution < -0.4 is 5.14 Å². The number of benzene rings is 1. The summed E-state index contributed by atoms with van der Waals surface area (Å²) < 4.78 is 24.1. The summed E-state index contributed by atoms with van der Waals surface area (Å²) >= 11 is 1.52. The number of primary sulfonamides is 1. The van der Waals surface area contributed by atoms with Gasteiger partial charge in [0, 0.05) is 32.8 Å². The summed E-state index contributed by atoms with van der Waals surface area (Å²) in [5, 5.41) is 17.0. The number of carbonyl (C=O) groups is 1. The molecule has 1 amide bonds. The van der Waals surface area contributed by atoms with E-state index in [4.69, 9.17) is 5.14 Å². The first-order valence-corrected chi connectivity index (χ1v) is 10.5. The van der Waals surface area contributed by atoms with Crippen LogP contribution in [0.1, 0.15) is 18.4 Å². The minimum absolute atomic E-state index is 0.0721. The highest BCUT2D eigenvalue weighted by Crippen LogP contribution is 2.15. The number of tetrazole rings is 1. The van der Waals surface area contributed by atoms with Gasteiger partial charge in [-0.15, -0.1) is 5.10 Å². The maximum absolute atomic E-state index is 12.2. The number of amides is 1. The fourth-order valence-electron chi connectivity index (χ4n) is 2.19. The Bertz CT molecular complexity index is 835. The Kier molecular flexibility index (Phi) is 7.12. The van der Waals surface area contributed by atoms with Crippen LogP contribution >= 0.6 is 11.8 Å². The van der Waals surface area contributed by atoms with Gasteiger partial charge in [-0.2, -0.15) is 0 Å². The molecule has 0 bridgehead atoms. The van der Waals surface area contributed by atoms with E-state index in [-0.39, 0.29) is 10.8 Å². The third kappa shape index (κ3) is 6.07. The first-order chi connectivity index (χ1) is 12.3. The zero-order chi connectivity index (χ0) is 19.2. The Balaban J connectivity index is 1.70. The van der Waals surface area contributed by atoms with Gasteiger partial charge in [-0.25, -0.2) is 18.2 Å². The van der Waals surface area contributed by atoms with Crippen molar-refractivity contribution in [2.45, 2.75) is 29.3 Å². The molecule has 0 aliphatic carbocycles. The van der Waals surface area contributed by atoms with Crippen molar-refractivity contribution in [3.05, 3.63) is 29.8 Å². The maximum Gasteiger partial charge on any atom is 0.238 e. The quantitative estimate of drug-likeness (QED) is 0.480. The van der Waals surface area contributed by atoms with Crippen LogP contribution in [0.25, 0.3) is 0 Å². The third-order valence-electron chi connectivity index (χ3n) is 3.76. The number of thioether (sulfide) groups is 1. The van der Waals surface area contributed by atoms with Crippen LogP contribution in [0.15, 0.2) is 34.3 Å². The smallest absolute Gasteiger partial charge is 0.238 e. The number of aryl methyl sites for hydroxylation is 1. The van der Waals surface area contributed by atoms with Gasteiger partial charge in [0.15, 0.2) is 0 Å². The maximum atomic E-state index is 12.2. The second kappa shape index (κ2) is 9.10. The highest BCUT2D eigenvalue weighted by molar-refractivity contribution is 7.99. The van der Waals surface area contributed by atoms with Crippen LogP contribution in [-0.2, 0) is 28.3 Å². The zero-order valence-electron chi connectivity index (χ0n) is 14.7. The van der Waals surface area contributed by atoms with Crippen molar-refractivity contribution in [2.24, 2.45) is 12.2 Å². The summed E-state index contributed by atoms with van der Waals surface area (Å²) in [6, 6.07) is 6.38. The van der Waals surface area contributed by atoms with Crippen LogP contribution in [0.5, 0.6) is 0 Å². The van der Waals surface area contributed by atoms with Crippen LogP contribution in [0.3, 0.4) is 0 Å². The molecule has 9 nitrogen and oxygen atoms in total. The topological polar surface area (TPSA) is 124 Å². The second-order valence-corrected chi connectivity index (χ2v) is 8.41. The summed E-state index contributed by atoms with van der Waals surface area (Å²) in [7, 11) is -0.137. The Morgan fingerprint density at radius 1 is 1.31 bits per heavy atom. The summed E-state index contributed by atoms with van der Waals surface area (Å²) in [6.07, 6.45) is 1.84. The van der Waals surface area contributed by atoms with Crippen LogP contribution in [0, 0.1) is 0 Å².